The number of ether oxygens (including phenoxy) is 2. The molecule has 3 aromatic rings. The van der Waals surface area contributed by atoms with E-state index in [1.165, 1.54) is 17.4 Å². The molecular weight excluding hydrogens is 436 g/mol. The van der Waals surface area contributed by atoms with E-state index in [0.29, 0.717) is 27.2 Å². The first kappa shape index (κ1) is 22.5. The predicted molar refractivity (Wildman–Crippen MR) is 129 cm³/mol. The number of hydrogen-bond donors (Lipinski definition) is 0. The van der Waals surface area contributed by atoms with E-state index >= 15 is 0 Å². The van der Waals surface area contributed by atoms with Gasteiger partial charge >= 0.3 is 5.97 Å². The van der Waals surface area contributed by atoms with Crippen LogP contribution in [-0.2, 0) is 9.53 Å². The van der Waals surface area contributed by atoms with Gasteiger partial charge in [-0.25, -0.2) is 9.79 Å². The molecule has 7 heteroatoms. The SMILES string of the molecule is C=CCOC(=O)C1=C(C)N=c2sc(=Cc3ccc(OCC)cc3)c(=O)n2C1c1ccccc1. The largest absolute Gasteiger partial charge is 0.494 e. The lowest BCUT2D eigenvalue weighted by Gasteiger charge is -2.24. The maximum absolute atomic E-state index is 13.5. The Morgan fingerprint density at radius 1 is 1.18 bits per heavy atom. The van der Waals surface area contributed by atoms with Crippen LogP contribution in [0.5, 0.6) is 5.75 Å². The quantitative estimate of drug-likeness (QED) is 0.401. The van der Waals surface area contributed by atoms with Crippen LogP contribution < -0.4 is 19.6 Å². The van der Waals surface area contributed by atoms with Crippen LogP contribution in [0, 0.1) is 0 Å². The Labute approximate surface area is 195 Å². The number of fused-ring (bicyclic) bond motifs is 1. The van der Waals surface area contributed by atoms with Gasteiger partial charge in [0.25, 0.3) is 5.56 Å². The fraction of sp³-hybridized carbons (Fsp3) is 0.192. The van der Waals surface area contributed by atoms with Crippen molar-refractivity contribution in [3.05, 3.63) is 109 Å². The molecule has 2 aromatic carbocycles. The van der Waals surface area contributed by atoms with E-state index < -0.39 is 12.0 Å². The minimum absolute atomic E-state index is 0.0826. The fourth-order valence-electron chi connectivity index (χ4n) is 3.72. The molecule has 0 saturated carbocycles. The van der Waals surface area contributed by atoms with Crippen molar-refractivity contribution < 1.29 is 14.3 Å². The summed E-state index contributed by atoms with van der Waals surface area (Å²) in [5.41, 5.74) is 2.37. The third kappa shape index (κ3) is 4.59. The zero-order valence-electron chi connectivity index (χ0n) is 18.5. The summed E-state index contributed by atoms with van der Waals surface area (Å²) >= 11 is 1.30. The van der Waals surface area contributed by atoms with Crippen molar-refractivity contribution in [2.75, 3.05) is 13.2 Å². The first-order chi connectivity index (χ1) is 16.0. The third-order valence-electron chi connectivity index (χ3n) is 5.18. The number of esters is 1. The van der Waals surface area contributed by atoms with Gasteiger partial charge in [0.2, 0.25) is 0 Å². The van der Waals surface area contributed by atoms with Gasteiger partial charge in [-0.2, -0.15) is 0 Å². The Kier molecular flexibility index (Phi) is 6.70. The van der Waals surface area contributed by atoms with Crippen LogP contribution in [0.2, 0.25) is 0 Å². The summed E-state index contributed by atoms with van der Waals surface area (Å²) in [6.45, 7) is 7.97. The fourth-order valence-corrected chi connectivity index (χ4v) is 4.77. The molecule has 6 nitrogen and oxygen atoms in total. The Morgan fingerprint density at radius 2 is 1.91 bits per heavy atom. The number of carbonyl (C=O) groups is 1. The van der Waals surface area contributed by atoms with E-state index in [0.717, 1.165) is 16.9 Å². The van der Waals surface area contributed by atoms with Gasteiger partial charge in [0.05, 0.1) is 28.5 Å². The van der Waals surface area contributed by atoms with Crippen molar-refractivity contribution in [3.8, 4) is 5.75 Å². The summed E-state index contributed by atoms with van der Waals surface area (Å²) in [5.74, 6) is 0.268. The van der Waals surface area contributed by atoms with Crippen molar-refractivity contribution >= 4 is 23.4 Å². The first-order valence-corrected chi connectivity index (χ1v) is 11.4. The molecule has 168 valence electrons. The normalized spacial score (nSPS) is 15.6. The maximum atomic E-state index is 13.5. The van der Waals surface area contributed by atoms with Crippen molar-refractivity contribution in [2.24, 2.45) is 4.99 Å². The van der Waals surface area contributed by atoms with E-state index in [-0.39, 0.29) is 12.2 Å². The molecule has 1 atom stereocenters. The molecule has 0 spiro atoms. The van der Waals surface area contributed by atoms with Gasteiger partial charge in [-0.3, -0.25) is 9.36 Å². The van der Waals surface area contributed by atoms with Crippen LogP contribution in [-0.4, -0.2) is 23.8 Å². The van der Waals surface area contributed by atoms with Gasteiger partial charge in [0, 0.05) is 0 Å². The Morgan fingerprint density at radius 3 is 2.58 bits per heavy atom. The maximum Gasteiger partial charge on any atom is 0.338 e. The van der Waals surface area contributed by atoms with Crippen LogP contribution in [0.3, 0.4) is 0 Å². The lowest BCUT2D eigenvalue weighted by Crippen LogP contribution is -2.39. The highest BCUT2D eigenvalue weighted by Crippen LogP contribution is 2.30. The third-order valence-corrected chi connectivity index (χ3v) is 6.16. The summed E-state index contributed by atoms with van der Waals surface area (Å²) in [6.07, 6.45) is 3.34. The van der Waals surface area contributed by atoms with E-state index in [1.807, 2.05) is 67.6 Å². The summed E-state index contributed by atoms with van der Waals surface area (Å²) in [7, 11) is 0. The summed E-state index contributed by atoms with van der Waals surface area (Å²) < 4.78 is 12.9. The molecule has 1 aliphatic heterocycles. The molecule has 4 rings (SSSR count). The van der Waals surface area contributed by atoms with Crippen molar-refractivity contribution in [1.29, 1.82) is 0 Å². The lowest BCUT2D eigenvalue weighted by molar-refractivity contribution is -0.138. The lowest BCUT2D eigenvalue weighted by atomic mass is 9.96. The standard InChI is InChI=1S/C26H24N2O4S/c1-4-15-32-25(30)22-17(3)27-26-28(23(22)19-9-7-6-8-10-19)24(29)21(33-26)16-18-11-13-20(14-12-18)31-5-2/h4,6-14,16,23H,1,5,15H2,2-3H3. The number of rotatable bonds is 7. The average Bonchev–Trinajstić information content (AvgIpc) is 3.13. The molecule has 0 radical (unpaired) electrons. The molecule has 1 aliphatic rings. The smallest absolute Gasteiger partial charge is 0.338 e. The molecule has 33 heavy (non-hydrogen) atoms. The molecule has 0 saturated heterocycles. The Hall–Kier alpha value is -3.71. The highest BCUT2D eigenvalue weighted by molar-refractivity contribution is 7.07. The van der Waals surface area contributed by atoms with Gasteiger partial charge in [0.15, 0.2) is 4.80 Å². The van der Waals surface area contributed by atoms with Gasteiger partial charge in [-0.1, -0.05) is 66.5 Å². The van der Waals surface area contributed by atoms with Crippen LogP contribution in [0.25, 0.3) is 6.08 Å². The van der Waals surface area contributed by atoms with Gasteiger partial charge in [-0.05, 0) is 43.2 Å². The summed E-state index contributed by atoms with van der Waals surface area (Å²) in [6, 6.07) is 16.4. The average molecular weight is 461 g/mol. The minimum Gasteiger partial charge on any atom is -0.494 e. The number of aromatic nitrogens is 1. The Bertz CT molecular complexity index is 1380. The number of nitrogens with zero attached hydrogens (tertiary/aromatic N) is 2. The molecular formula is C26H24N2O4S. The van der Waals surface area contributed by atoms with E-state index in [9.17, 15) is 9.59 Å². The van der Waals surface area contributed by atoms with Crippen molar-refractivity contribution in [2.45, 2.75) is 19.9 Å². The molecule has 0 amide bonds. The first-order valence-electron chi connectivity index (χ1n) is 10.6. The predicted octanol–water partition coefficient (Wildman–Crippen LogP) is 3.36. The van der Waals surface area contributed by atoms with Crippen molar-refractivity contribution in [3.63, 3.8) is 0 Å². The summed E-state index contributed by atoms with van der Waals surface area (Å²) in [4.78, 5) is 31.6. The second-order valence-electron chi connectivity index (χ2n) is 7.38. The molecule has 1 unspecified atom stereocenters. The van der Waals surface area contributed by atoms with Crippen LogP contribution >= 0.6 is 11.3 Å². The number of thiazole rings is 1. The second-order valence-corrected chi connectivity index (χ2v) is 8.39. The number of allylic oxidation sites excluding steroid dienone is 1. The number of hydrogen-bond acceptors (Lipinski definition) is 6. The zero-order chi connectivity index (χ0) is 23.4. The number of carbonyl (C=O) groups excluding carboxylic acids is 1. The second kappa shape index (κ2) is 9.83. The van der Waals surface area contributed by atoms with E-state index in [2.05, 4.69) is 11.6 Å². The van der Waals surface area contributed by atoms with Crippen molar-refractivity contribution in [1.82, 2.24) is 4.57 Å². The van der Waals surface area contributed by atoms with Gasteiger partial charge in [-0.15, -0.1) is 0 Å². The molecule has 2 heterocycles. The molecule has 0 bridgehead atoms. The van der Waals surface area contributed by atoms with E-state index in [1.54, 1.807) is 11.5 Å². The highest BCUT2D eigenvalue weighted by Gasteiger charge is 2.33. The number of benzene rings is 2. The molecule has 0 aliphatic carbocycles. The van der Waals surface area contributed by atoms with Crippen LogP contribution in [0.4, 0.5) is 0 Å². The molecule has 0 fully saturated rings. The van der Waals surface area contributed by atoms with Gasteiger partial charge in [0.1, 0.15) is 12.4 Å². The highest BCUT2D eigenvalue weighted by atomic mass is 32.1. The Balaban J connectivity index is 1.85. The van der Waals surface area contributed by atoms with Crippen LogP contribution in [0.15, 0.2) is 88.3 Å². The van der Waals surface area contributed by atoms with Crippen LogP contribution in [0.1, 0.15) is 31.0 Å². The minimum atomic E-state index is -0.623. The summed E-state index contributed by atoms with van der Waals surface area (Å²) in [5, 5.41) is 0. The molecule has 1 aromatic heterocycles. The monoisotopic (exact) mass is 460 g/mol. The van der Waals surface area contributed by atoms with E-state index in [4.69, 9.17) is 9.47 Å². The van der Waals surface area contributed by atoms with Gasteiger partial charge < -0.3 is 9.47 Å². The molecule has 0 N–H and O–H groups in total. The zero-order valence-corrected chi connectivity index (χ0v) is 19.3. The topological polar surface area (TPSA) is 69.9 Å².